The van der Waals surface area contributed by atoms with Crippen LogP contribution in [0.1, 0.15) is 12.8 Å². The monoisotopic (exact) mass is 630 g/mol. The molecule has 5 aromatic rings. The van der Waals surface area contributed by atoms with Crippen molar-refractivity contribution in [3.05, 3.63) is 102 Å². The van der Waals surface area contributed by atoms with Crippen LogP contribution >= 0.6 is 11.6 Å². The van der Waals surface area contributed by atoms with Gasteiger partial charge < -0.3 is 25.7 Å². The second-order valence-electron chi connectivity index (χ2n) is 10.4. The van der Waals surface area contributed by atoms with Crippen molar-refractivity contribution in [3.63, 3.8) is 0 Å². The maximum atomic E-state index is 15.7. The number of rotatable bonds is 9. The number of methoxy groups -OCH3 is 1. The van der Waals surface area contributed by atoms with Crippen molar-refractivity contribution < 1.29 is 32.6 Å². The number of primary amides is 1. The topological polar surface area (TPSA) is 130 Å². The Bertz CT molecular complexity index is 1970. The van der Waals surface area contributed by atoms with Gasteiger partial charge in [-0.3, -0.25) is 19.5 Å². The summed E-state index contributed by atoms with van der Waals surface area (Å²) in [5.41, 5.74) is 11.2. The lowest BCUT2D eigenvalue weighted by Gasteiger charge is -2.26. The summed E-state index contributed by atoms with van der Waals surface area (Å²) < 4.78 is 46.9. The predicted molar refractivity (Wildman–Crippen MR) is 165 cm³/mol. The smallest absolute Gasteiger partial charge is 0.247 e. The fourth-order valence-corrected chi connectivity index (χ4v) is 5.11. The Morgan fingerprint density at radius 2 is 1.53 bits per heavy atom. The van der Waals surface area contributed by atoms with E-state index >= 15 is 4.39 Å². The molecule has 1 aliphatic rings. The lowest BCUT2D eigenvalue weighted by atomic mass is 10.0. The summed E-state index contributed by atoms with van der Waals surface area (Å²) >= 11 is 6.30. The van der Waals surface area contributed by atoms with E-state index in [1.54, 1.807) is 36.4 Å². The molecule has 4 N–H and O–H groups in total. The Kier molecular flexibility index (Phi) is 7.63. The third-order valence-corrected chi connectivity index (χ3v) is 7.77. The number of benzene rings is 4. The van der Waals surface area contributed by atoms with Crippen molar-refractivity contribution in [1.82, 2.24) is 4.98 Å². The van der Waals surface area contributed by atoms with Crippen LogP contribution in [0.5, 0.6) is 28.7 Å². The van der Waals surface area contributed by atoms with Gasteiger partial charge in [-0.2, -0.15) is 0 Å². The number of halogens is 3. The highest BCUT2D eigenvalue weighted by Crippen LogP contribution is 2.49. The van der Waals surface area contributed by atoms with Crippen LogP contribution in [-0.4, -0.2) is 23.9 Å². The minimum Gasteiger partial charge on any atom is -0.493 e. The van der Waals surface area contributed by atoms with Crippen molar-refractivity contribution in [1.29, 1.82) is 0 Å². The number of anilines is 3. The highest BCUT2D eigenvalue weighted by Gasteiger charge is 2.57. The Morgan fingerprint density at radius 1 is 0.844 bits per heavy atom. The molecular formula is C33H25ClF2N4O5. The summed E-state index contributed by atoms with van der Waals surface area (Å²) in [6.07, 6.45) is 2.02. The third kappa shape index (κ3) is 5.65. The van der Waals surface area contributed by atoms with Crippen LogP contribution in [-0.2, 0) is 9.59 Å². The number of fused-ring (bicyclic) bond motifs is 1. The van der Waals surface area contributed by atoms with Crippen LogP contribution in [0.3, 0.4) is 0 Å². The fourth-order valence-electron chi connectivity index (χ4n) is 4.88. The van der Waals surface area contributed by atoms with Crippen molar-refractivity contribution in [3.8, 4) is 28.7 Å². The number of nitrogens with two attached hydrogens (primary N) is 2. The molecule has 0 spiro atoms. The van der Waals surface area contributed by atoms with E-state index in [1.807, 2.05) is 0 Å². The summed E-state index contributed by atoms with van der Waals surface area (Å²) in [6.45, 7) is 0. The van der Waals surface area contributed by atoms with E-state index in [-0.39, 0.29) is 35.7 Å². The van der Waals surface area contributed by atoms with Crippen molar-refractivity contribution in [2.75, 3.05) is 17.7 Å². The summed E-state index contributed by atoms with van der Waals surface area (Å²) in [4.78, 5) is 31.3. The molecule has 45 heavy (non-hydrogen) atoms. The van der Waals surface area contributed by atoms with Gasteiger partial charge in [-0.1, -0.05) is 11.6 Å². The van der Waals surface area contributed by atoms with Gasteiger partial charge in [-0.15, -0.1) is 0 Å². The molecule has 0 aliphatic heterocycles. The summed E-state index contributed by atoms with van der Waals surface area (Å²) in [7, 11) is 1.48. The maximum Gasteiger partial charge on any atom is 0.247 e. The van der Waals surface area contributed by atoms with Crippen molar-refractivity contribution >= 4 is 51.4 Å². The molecule has 0 unspecified atom stereocenters. The Balaban J connectivity index is 1.35. The molecule has 9 nitrogen and oxygen atoms in total. The Labute approximate surface area is 260 Å². The summed E-state index contributed by atoms with van der Waals surface area (Å²) in [6, 6.07) is 18.6. The molecule has 2 amide bonds. The van der Waals surface area contributed by atoms with Gasteiger partial charge >= 0.3 is 0 Å². The number of carbonyl (C=O) groups is 2. The van der Waals surface area contributed by atoms with E-state index in [2.05, 4.69) is 4.98 Å². The molecule has 0 radical (unpaired) electrons. The van der Waals surface area contributed by atoms with Gasteiger partial charge in [0.2, 0.25) is 11.8 Å². The van der Waals surface area contributed by atoms with E-state index < -0.39 is 28.9 Å². The molecule has 0 bridgehead atoms. The quantitative estimate of drug-likeness (QED) is 0.129. The van der Waals surface area contributed by atoms with Gasteiger partial charge in [0.05, 0.1) is 23.3 Å². The minimum atomic E-state index is -1.41. The van der Waals surface area contributed by atoms with Gasteiger partial charge in [0.25, 0.3) is 0 Å². The number of hydrogen-bond acceptors (Lipinski definition) is 7. The standard InChI is InChI=1S/C33H25ClF2N4O5/c1-43-29-17-25-22(16-30(29)45-27-8-4-19(37)14-23(27)34)26(10-13-39-25)44-28-9-7-21(15-24(28)36)40(20-5-2-18(35)3-6-20)32(42)33(11-12-33)31(38)41/h2-10,13-17H,11-12,37H2,1H3,(H2,38,41). The molecule has 0 atom stereocenters. The first kappa shape index (κ1) is 29.6. The molecule has 4 aromatic carbocycles. The first-order chi connectivity index (χ1) is 21.6. The van der Waals surface area contributed by atoms with Crippen LogP contribution < -0.4 is 30.6 Å². The average molecular weight is 631 g/mol. The molecule has 1 aromatic heterocycles. The number of amides is 2. The number of hydrogen-bond donors (Lipinski definition) is 2. The molecule has 12 heteroatoms. The van der Waals surface area contributed by atoms with Crippen molar-refractivity contribution in [2.24, 2.45) is 11.1 Å². The molecule has 1 saturated carbocycles. The summed E-state index contributed by atoms with van der Waals surface area (Å²) in [5, 5.41) is 0.766. The number of ether oxygens (including phenoxy) is 3. The predicted octanol–water partition coefficient (Wildman–Crippen LogP) is 7.27. The van der Waals surface area contributed by atoms with E-state index in [0.29, 0.717) is 38.9 Å². The Morgan fingerprint density at radius 3 is 2.18 bits per heavy atom. The largest absolute Gasteiger partial charge is 0.493 e. The first-order valence-electron chi connectivity index (χ1n) is 13.7. The first-order valence-corrected chi connectivity index (χ1v) is 14.0. The van der Waals surface area contributed by atoms with Crippen LogP contribution in [0.25, 0.3) is 10.9 Å². The second-order valence-corrected chi connectivity index (χ2v) is 10.8. The van der Waals surface area contributed by atoms with Crippen LogP contribution in [0.4, 0.5) is 25.8 Å². The van der Waals surface area contributed by atoms with Crippen molar-refractivity contribution in [2.45, 2.75) is 12.8 Å². The van der Waals surface area contributed by atoms with Gasteiger partial charge in [-0.05, 0) is 79.6 Å². The Hall–Kier alpha value is -5.42. The van der Waals surface area contributed by atoms with E-state index in [4.69, 9.17) is 37.3 Å². The van der Waals surface area contributed by atoms with Gasteiger partial charge in [0.1, 0.15) is 22.7 Å². The lowest BCUT2D eigenvalue weighted by Crippen LogP contribution is -2.41. The fraction of sp³-hybridized carbons (Fsp3) is 0.121. The van der Waals surface area contributed by atoms with Crippen LogP contribution in [0.15, 0.2) is 85.1 Å². The summed E-state index contributed by atoms with van der Waals surface area (Å²) in [5.74, 6) is -1.65. The second kappa shape index (κ2) is 11.6. The molecule has 1 heterocycles. The number of nitrogens with zero attached hydrogens (tertiary/aromatic N) is 2. The number of carbonyl (C=O) groups excluding carboxylic acids is 2. The molecule has 1 fully saturated rings. The SMILES string of the molecule is COc1cc2nccc(Oc3ccc(N(C(=O)C4(C(N)=O)CC4)c4ccc(F)cc4)cc3F)c2cc1Oc1ccc(N)cc1Cl. The molecule has 0 saturated heterocycles. The number of aromatic nitrogens is 1. The van der Waals surface area contributed by atoms with Gasteiger partial charge in [0, 0.05) is 35.1 Å². The number of pyridine rings is 1. The molecule has 228 valence electrons. The normalized spacial score (nSPS) is 13.2. The maximum absolute atomic E-state index is 15.7. The average Bonchev–Trinajstić information content (AvgIpc) is 3.83. The zero-order chi connectivity index (χ0) is 31.9. The van der Waals surface area contributed by atoms with E-state index in [0.717, 1.165) is 23.1 Å². The van der Waals surface area contributed by atoms with Gasteiger partial charge in [0.15, 0.2) is 23.1 Å². The van der Waals surface area contributed by atoms with Crippen LogP contribution in [0.2, 0.25) is 5.02 Å². The zero-order valence-corrected chi connectivity index (χ0v) is 24.5. The van der Waals surface area contributed by atoms with Gasteiger partial charge in [-0.25, -0.2) is 8.78 Å². The van der Waals surface area contributed by atoms with E-state index in [9.17, 15) is 14.0 Å². The zero-order valence-electron chi connectivity index (χ0n) is 23.7. The highest BCUT2D eigenvalue weighted by atomic mass is 35.5. The number of nitrogen functional groups attached to an aromatic ring is 1. The highest BCUT2D eigenvalue weighted by molar-refractivity contribution is 6.32. The van der Waals surface area contributed by atoms with E-state index in [1.165, 1.54) is 37.6 Å². The molecule has 6 rings (SSSR count). The van der Waals surface area contributed by atoms with Crippen LogP contribution in [0, 0.1) is 17.0 Å². The third-order valence-electron chi connectivity index (χ3n) is 7.48. The molecular weight excluding hydrogens is 606 g/mol. The molecule has 1 aliphatic carbocycles. The minimum absolute atomic E-state index is 0.101. The lowest BCUT2D eigenvalue weighted by molar-refractivity contribution is -0.133.